The van der Waals surface area contributed by atoms with Gasteiger partial charge in [0.15, 0.2) is 0 Å². The molecule has 0 saturated heterocycles. The van der Waals surface area contributed by atoms with Crippen molar-refractivity contribution in [3.8, 4) is 0 Å². The van der Waals surface area contributed by atoms with Gasteiger partial charge >= 0.3 is 6.03 Å². The minimum absolute atomic E-state index is 0.0617. The first-order chi connectivity index (χ1) is 13.1. The minimum atomic E-state index is -0.0617. The molecule has 2 rings (SSSR count). The van der Waals surface area contributed by atoms with Crippen molar-refractivity contribution in [3.63, 3.8) is 0 Å². The van der Waals surface area contributed by atoms with E-state index >= 15 is 0 Å². The Morgan fingerprint density at radius 3 is 2.25 bits per heavy atom. The van der Waals surface area contributed by atoms with Crippen LogP contribution in [0.15, 0.2) is 18.2 Å². The molecule has 0 aliphatic heterocycles. The summed E-state index contributed by atoms with van der Waals surface area (Å²) in [7, 11) is 3.98. The zero-order valence-electron chi connectivity index (χ0n) is 18.4. The maximum absolute atomic E-state index is 12.9. The molecule has 0 bridgehead atoms. The molecule has 1 fully saturated rings. The Bertz CT molecular complexity index is 696. The summed E-state index contributed by atoms with van der Waals surface area (Å²) in [5.41, 5.74) is 2.85. The lowest BCUT2D eigenvalue weighted by molar-refractivity contribution is -0.117. The first kappa shape index (κ1) is 22.1. The number of hydrogen-bond donors (Lipinski definition) is 2. The van der Waals surface area contributed by atoms with Gasteiger partial charge in [-0.15, -0.1) is 0 Å². The predicted molar refractivity (Wildman–Crippen MR) is 116 cm³/mol. The summed E-state index contributed by atoms with van der Waals surface area (Å²) in [6.07, 6.45) is 1.95. The van der Waals surface area contributed by atoms with Gasteiger partial charge in [-0.2, -0.15) is 0 Å². The maximum atomic E-state index is 12.9. The highest BCUT2D eigenvalue weighted by atomic mass is 16.2. The Morgan fingerprint density at radius 2 is 1.75 bits per heavy atom. The monoisotopic (exact) mass is 388 g/mol. The number of nitrogens with zero attached hydrogens (tertiary/aromatic N) is 2. The van der Waals surface area contributed by atoms with Gasteiger partial charge in [0.05, 0.1) is 0 Å². The number of nitrogens with one attached hydrogen (secondary N) is 2. The van der Waals surface area contributed by atoms with Crippen LogP contribution in [0.1, 0.15) is 53.0 Å². The second-order valence-corrected chi connectivity index (χ2v) is 8.72. The summed E-state index contributed by atoms with van der Waals surface area (Å²) < 4.78 is 0. The van der Waals surface area contributed by atoms with Gasteiger partial charge in [-0.25, -0.2) is 4.79 Å². The Balaban J connectivity index is 2.31. The Hall–Kier alpha value is -2.24. The zero-order chi connectivity index (χ0) is 21.0. The summed E-state index contributed by atoms with van der Waals surface area (Å²) in [6.45, 7) is 10.8. The number of benzene rings is 1. The number of amides is 3. The maximum Gasteiger partial charge on any atom is 0.318 e. The molecule has 0 unspecified atom stereocenters. The molecule has 28 heavy (non-hydrogen) atoms. The highest BCUT2D eigenvalue weighted by Gasteiger charge is 2.30. The SMILES string of the molecule is CC(C)NC(=O)N(Cc1cc(NC(=O)C2CC2)ccc1N(C)C)[C@@H](C)C(C)C. The number of carbonyl (C=O) groups excluding carboxylic acids is 2. The number of urea groups is 1. The second kappa shape index (κ2) is 9.30. The number of rotatable bonds is 8. The smallest absolute Gasteiger partial charge is 0.318 e. The van der Waals surface area contributed by atoms with Crippen LogP contribution in [0.2, 0.25) is 0 Å². The van der Waals surface area contributed by atoms with Crippen molar-refractivity contribution in [2.24, 2.45) is 11.8 Å². The van der Waals surface area contributed by atoms with E-state index in [1.54, 1.807) is 0 Å². The molecule has 2 N–H and O–H groups in total. The van der Waals surface area contributed by atoms with Crippen molar-refractivity contribution in [3.05, 3.63) is 23.8 Å². The molecule has 1 saturated carbocycles. The standard InChI is InChI=1S/C22H36N4O2/c1-14(2)16(5)26(22(28)23-15(3)4)13-18-12-19(10-11-20(18)25(6)7)24-21(27)17-8-9-17/h10-12,14-17H,8-9,13H2,1-7H3,(H,23,28)(H,24,27)/t16-/m0/s1. The van der Waals surface area contributed by atoms with Gasteiger partial charge in [-0.3, -0.25) is 4.79 Å². The molecule has 1 atom stereocenters. The lowest BCUT2D eigenvalue weighted by Gasteiger charge is -2.34. The van der Waals surface area contributed by atoms with Gasteiger partial charge in [0.2, 0.25) is 5.91 Å². The Morgan fingerprint density at radius 1 is 1.11 bits per heavy atom. The second-order valence-electron chi connectivity index (χ2n) is 8.72. The highest BCUT2D eigenvalue weighted by Crippen LogP contribution is 2.31. The van der Waals surface area contributed by atoms with E-state index in [-0.39, 0.29) is 29.9 Å². The van der Waals surface area contributed by atoms with E-state index in [1.807, 2.05) is 55.9 Å². The molecular weight excluding hydrogens is 352 g/mol. The van der Waals surface area contributed by atoms with Crippen LogP contribution < -0.4 is 15.5 Å². The molecule has 1 aliphatic carbocycles. The van der Waals surface area contributed by atoms with Crippen LogP contribution in [-0.4, -0.2) is 43.0 Å². The minimum Gasteiger partial charge on any atom is -0.377 e. The van der Waals surface area contributed by atoms with E-state index in [0.717, 1.165) is 29.8 Å². The summed E-state index contributed by atoms with van der Waals surface area (Å²) >= 11 is 0. The highest BCUT2D eigenvalue weighted by molar-refractivity contribution is 5.94. The molecule has 3 amide bonds. The van der Waals surface area contributed by atoms with Gasteiger partial charge in [0.1, 0.15) is 0 Å². The van der Waals surface area contributed by atoms with E-state index in [0.29, 0.717) is 12.5 Å². The van der Waals surface area contributed by atoms with Crippen LogP contribution in [-0.2, 0) is 11.3 Å². The van der Waals surface area contributed by atoms with Crippen LogP contribution in [0.4, 0.5) is 16.2 Å². The molecule has 1 aromatic rings. The molecule has 1 aromatic carbocycles. The molecule has 0 spiro atoms. The van der Waals surface area contributed by atoms with Crippen LogP contribution in [0, 0.1) is 11.8 Å². The van der Waals surface area contributed by atoms with Gasteiger partial charge < -0.3 is 20.4 Å². The van der Waals surface area contributed by atoms with Crippen molar-refractivity contribution < 1.29 is 9.59 Å². The molecule has 6 heteroatoms. The van der Waals surface area contributed by atoms with Crippen molar-refractivity contribution in [2.45, 2.75) is 66.1 Å². The molecule has 1 aliphatic rings. The first-order valence-electron chi connectivity index (χ1n) is 10.3. The van der Waals surface area contributed by atoms with Crippen molar-refractivity contribution in [1.82, 2.24) is 10.2 Å². The zero-order valence-corrected chi connectivity index (χ0v) is 18.4. The third-order valence-electron chi connectivity index (χ3n) is 5.25. The Labute approximate surface area is 169 Å². The number of hydrogen-bond acceptors (Lipinski definition) is 3. The fourth-order valence-electron chi connectivity index (χ4n) is 3.09. The third-order valence-corrected chi connectivity index (χ3v) is 5.25. The largest absolute Gasteiger partial charge is 0.377 e. The molecule has 0 heterocycles. The van der Waals surface area contributed by atoms with Crippen LogP contribution in [0.3, 0.4) is 0 Å². The first-order valence-corrected chi connectivity index (χ1v) is 10.3. The van der Waals surface area contributed by atoms with Crippen LogP contribution in [0.5, 0.6) is 0 Å². The molecule has 6 nitrogen and oxygen atoms in total. The molecule has 0 radical (unpaired) electrons. The average molecular weight is 389 g/mol. The van der Waals surface area contributed by atoms with Gasteiger partial charge in [-0.1, -0.05) is 13.8 Å². The lowest BCUT2D eigenvalue weighted by atomic mass is 10.0. The summed E-state index contributed by atoms with van der Waals surface area (Å²) in [4.78, 5) is 29.0. The van der Waals surface area contributed by atoms with Crippen LogP contribution >= 0.6 is 0 Å². The summed E-state index contributed by atoms with van der Waals surface area (Å²) in [5.74, 6) is 0.582. The van der Waals surface area contributed by atoms with Crippen molar-refractivity contribution in [2.75, 3.05) is 24.3 Å². The van der Waals surface area contributed by atoms with E-state index in [2.05, 4.69) is 31.4 Å². The molecule has 0 aromatic heterocycles. The van der Waals surface area contributed by atoms with Gasteiger partial charge in [-0.05, 0) is 63.3 Å². The number of anilines is 2. The quantitative estimate of drug-likeness (QED) is 0.706. The predicted octanol–water partition coefficient (Wildman–Crippen LogP) is 4.07. The van der Waals surface area contributed by atoms with E-state index in [1.165, 1.54) is 0 Å². The van der Waals surface area contributed by atoms with E-state index < -0.39 is 0 Å². The molecule has 156 valence electrons. The fraction of sp³-hybridized carbons (Fsp3) is 0.636. The van der Waals surface area contributed by atoms with Gasteiger partial charge in [0, 0.05) is 50.0 Å². The normalized spacial score (nSPS) is 14.8. The van der Waals surface area contributed by atoms with Crippen molar-refractivity contribution in [1.29, 1.82) is 0 Å². The van der Waals surface area contributed by atoms with Crippen molar-refractivity contribution >= 4 is 23.3 Å². The average Bonchev–Trinajstić information content (AvgIpc) is 3.43. The summed E-state index contributed by atoms with van der Waals surface area (Å²) in [6, 6.07) is 6.04. The molecular formula is C22H36N4O2. The van der Waals surface area contributed by atoms with Gasteiger partial charge in [0.25, 0.3) is 0 Å². The third kappa shape index (κ3) is 5.88. The Kier molecular flexibility index (Phi) is 7.33. The van der Waals surface area contributed by atoms with Crippen LogP contribution in [0.25, 0.3) is 0 Å². The lowest BCUT2D eigenvalue weighted by Crippen LogP contribution is -2.48. The topological polar surface area (TPSA) is 64.7 Å². The summed E-state index contributed by atoms with van der Waals surface area (Å²) in [5, 5.41) is 6.04. The van der Waals surface area contributed by atoms with E-state index in [9.17, 15) is 9.59 Å². The fourth-order valence-corrected chi connectivity index (χ4v) is 3.09. The number of carbonyl (C=O) groups is 2. The van der Waals surface area contributed by atoms with E-state index in [4.69, 9.17) is 0 Å².